The van der Waals surface area contributed by atoms with E-state index in [1.807, 2.05) is 43.5 Å². The molecule has 0 bridgehead atoms. The van der Waals surface area contributed by atoms with Gasteiger partial charge in [-0.2, -0.15) is 5.26 Å². The molecule has 2 N–H and O–H groups in total. The Labute approximate surface area is 212 Å². The van der Waals surface area contributed by atoms with E-state index in [0.717, 1.165) is 57.0 Å². The number of rotatable bonds is 8. The number of hydrogen-bond donors (Lipinski definition) is 2. The van der Waals surface area contributed by atoms with Gasteiger partial charge in [-0.1, -0.05) is 24.3 Å². The molecule has 0 aliphatic carbocycles. The van der Waals surface area contributed by atoms with Gasteiger partial charge in [0, 0.05) is 46.8 Å². The highest BCUT2D eigenvalue weighted by molar-refractivity contribution is 5.90. The van der Waals surface area contributed by atoms with Crippen molar-refractivity contribution in [1.29, 1.82) is 5.26 Å². The van der Waals surface area contributed by atoms with Crippen LogP contribution in [0.4, 0.5) is 11.4 Å². The Kier molecular flexibility index (Phi) is 7.01. The van der Waals surface area contributed by atoms with Crippen LogP contribution in [0.5, 0.6) is 5.75 Å². The summed E-state index contributed by atoms with van der Waals surface area (Å²) >= 11 is 0. The van der Waals surface area contributed by atoms with Gasteiger partial charge in [-0.25, -0.2) is 0 Å². The Morgan fingerprint density at radius 1 is 1.08 bits per heavy atom. The Balaban J connectivity index is 1.35. The van der Waals surface area contributed by atoms with E-state index in [1.54, 1.807) is 6.20 Å². The Hall–Kier alpha value is -4.08. The fourth-order valence-corrected chi connectivity index (χ4v) is 4.75. The molecule has 0 unspecified atom stereocenters. The number of aryl methyl sites for hydroxylation is 2. The first-order chi connectivity index (χ1) is 17.6. The SMILES string of the molecule is Cc1ncc(C#N)c(Nc2ccc3[nH]ccc3c2C)c1/C=C/c1ccc(OCCN2CCCC2)cc1. The molecule has 0 atom stereocenters. The lowest BCUT2D eigenvalue weighted by Crippen LogP contribution is -2.25. The summed E-state index contributed by atoms with van der Waals surface area (Å²) in [6.45, 7) is 8.12. The largest absolute Gasteiger partial charge is 0.492 e. The van der Waals surface area contributed by atoms with Crippen molar-refractivity contribution in [1.82, 2.24) is 14.9 Å². The van der Waals surface area contributed by atoms with Crippen LogP contribution in [0.3, 0.4) is 0 Å². The lowest BCUT2D eigenvalue weighted by molar-refractivity contribution is 0.238. The van der Waals surface area contributed by atoms with E-state index in [2.05, 4.69) is 57.4 Å². The number of benzene rings is 2. The van der Waals surface area contributed by atoms with Crippen molar-refractivity contribution < 1.29 is 4.74 Å². The summed E-state index contributed by atoms with van der Waals surface area (Å²) in [4.78, 5) is 10.2. The normalized spacial score (nSPS) is 13.9. The van der Waals surface area contributed by atoms with Crippen LogP contribution < -0.4 is 10.1 Å². The zero-order valence-electron chi connectivity index (χ0n) is 20.8. The van der Waals surface area contributed by atoms with Gasteiger partial charge in [0.05, 0.1) is 11.3 Å². The number of aromatic nitrogens is 2. The van der Waals surface area contributed by atoms with Crippen LogP contribution in [0.15, 0.2) is 54.9 Å². The third kappa shape index (κ3) is 5.12. The maximum Gasteiger partial charge on any atom is 0.119 e. The van der Waals surface area contributed by atoms with Gasteiger partial charge in [-0.15, -0.1) is 0 Å². The number of likely N-dealkylation sites (tertiary alicyclic amines) is 1. The molecule has 0 spiro atoms. The van der Waals surface area contributed by atoms with E-state index < -0.39 is 0 Å². The zero-order chi connectivity index (χ0) is 24.9. The van der Waals surface area contributed by atoms with Gasteiger partial charge < -0.3 is 15.0 Å². The quantitative estimate of drug-likeness (QED) is 0.305. The first kappa shape index (κ1) is 23.7. The molecular formula is C30H31N5O. The van der Waals surface area contributed by atoms with Gasteiger partial charge in [-0.3, -0.25) is 9.88 Å². The van der Waals surface area contributed by atoms with E-state index in [1.165, 1.54) is 25.9 Å². The molecule has 3 heterocycles. The number of hydrogen-bond acceptors (Lipinski definition) is 5. The monoisotopic (exact) mass is 477 g/mol. The maximum atomic E-state index is 9.80. The summed E-state index contributed by atoms with van der Waals surface area (Å²) < 4.78 is 5.93. The van der Waals surface area contributed by atoms with E-state index >= 15 is 0 Å². The van der Waals surface area contributed by atoms with Crippen molar-refractivity contribution in [2.24, 2.45) is 0 Å². The maximum absolute atomic E-state index is 9.80. The molecule has 36 heavy (non-hydrogen) atoms. The van der Waals surface area contributed by atoms with Crippen molar-refractivity contribution >= 4 is 34.4 Å². The lowest BCUT2D eigenvalue weighted by atomic mass is 10.0. The van der Waals surface area contributed by atoms with Crippen molar-refractivity contribution in [3.05, 3.63) is 82.8 Å². The Bertz CT molecular complexity index is 1420. The highest BCUT2D eigenvalue weighted by Crippen LogP contribution is 2.32. The van der Waals surface area contributed by atoms with Gasteiger partial charge in [0.1, 0.15) is 18.4 Å². The first-order valence-corrected chi connectivity index (χ1v) is 12.5. The molecule has 2 aromatic heterocycles. The average Bonchev–Trinajstić information content (AvgIpc) is 3.59. The molecule has 182 valence electrons. The molecule has 1 aliphatic heterocycles. The fraction of sp³-hybridized carbons (Fsp3) is 0.267. The second-order valence-corrected chi connectivity index (χ2v) is 9.26. The minimum absolute atomic E-state index is 0.510. The van der Waals surface area contributed by atoms with Crippen LogP contribution >= 0.6 is 0 Å². The van der Waals surface area contributed by atoms with E-state index in [0.29, 0.717) is 12.2 Å². The molecule has 0 radical (unpaired) electrons. The number of H-pyrrole nitrogens is 1. The average molecular weight is 478 g/mol. The molecule has 5 rings (SSSR count). The topological polar surface area (TPSA) is 77.0 Å². The molecule has 0 amide bonds. The number of nitriles is 1. The lowest BCUT2D eigenvalue weighted by Gasteiger charge is -2.16. The fourth-order valence-electron chi connectivity index (χ4n) is 4.75. The summed E-state index contributed by atoms with van der Waals surface area (Å²) in [7, 11) is 0. The second kappa shape index (κ2) is 10.7. The molecule has 0 saturated carbocycles. The van der Waals surface area contributed by atoms with Crippen LogP contribution in [0.1, 0.15) is 40.8 Å². The molecule has 6 heteroatoms. The number of nitrogens with zero attached hydrogens (tertiary/aromatic N) is 3. The van der Waals surface area contributed by atoms with Crippen LogP contribution in [0.25, 0.3) is 23.1 Å². The van der Waals surface area contributed by atoms with Crippen molar-refractivity contribution in [3.63, 3.8) is 0 Å². The number of anilines is 2. The molecule has 4 aromatic rings. The van der Waals surface area contributed by atoms with E-state index in [4.69, 9.17) is 4.74 Å². The number of aromatic amines is 1. The van der Waals surface area contributed by atoms with Gasteiger partial charge in [-0.05, 0) is 81.2 Å². The molecule has 1 fully saturated rings. The summed E-state index contributed by atoms with van der Waals surface area (Å²) in [6, 6.07) is 16.6. The van der Waals surface area contributed by atoms with Crippen molar-refractivity contribution in [2.45, 2.75) is 26.7 Å². The minimum Gasteiger partial charge on any atom is -0.492 e. The third-order valence-electron chi connectivity index (χ3n) is 6.90. The van der Waals surface area contributed by atoms with Gasteiger partial charge in [0.2, 0.25) is 0 Å². The molecule has 6 nitrogen and oxygen atoms in total. The standard InChI is InChI=1S/C30H31N5O/c1-21-26-13-14-32-29(26)12-11-28(21)34-30-24(19-31)20-33-22(2)27(30)10-7-23-5-8-25(9-6-23)36-18-17-35-15-3-4-16-35/h5-14,20,32H,3-4,15-18H2,1-2H3,(H,33,34)/b10-7+. The molecule has 2 aromatic carbocycles. The molecule has 1 aliphatic rings. The van der Waals surface area contributed by atoms with Gasteiger partial charge in [0.15, 0.2) is 0 Å². The minimum atomic E-state index is 0.510. The smallest absolute Gasteiger partial charge is 0.119 e. The number of fused-ring (bicyclic) bond motifs is 1. The van der Waals surface area contributed by atoms with Crippen molar-refractivity contribution in [3.8, 4) is 11.8 Å². The third-order valence-corrected chi connectivity index (χ3v) is 6.90. The highest BCUT2D eigenvalue weighted by atomic mass is 16.5. The second-order valence-electron chi connectivity index (χ2n) is 9.26. The Morgan fingerprint density at radius 3 is 2.67 bits per heavy atom. The Morgan fingerprint density at radius 2 is 1.89 bits per heavy atom. The molecular weight excluding hydrogens is 446 g/mol. The van der Waals surface area contributed by atoms with Gasteiger partial charge >= 0.3 is 0 Å². The summed E-state index contributed by atoms with van der Waals surface area (Å²) in [6.07, 6.45) is 10.2. The summed E-state index contributed by atoms with van der Waals surface area (Å²) in [5.41, 5.74) is 7.27. The van der Waals surface area contributed by atoms with E-state index in [9.17, 15) is 5.26 Å². The number of pyridine rings is 1. The summed E-state index contributed by atoms with van der Waals surface area (Å²) in [5.74, 6) is 0.883. The van der Waals surface area contributed by atoms with Crippen molar-refractivity contribution in [2.75, 3.05) is 31.6 Å². The summed E-state index contributed by atoms with van der Waals surface area (Å²) in [5, 5.41) is 14.5. The van der Waals surface area contributed by atoms with Crippen LogP contribution in [0, 0.1) is 25.2 Å². The molecule has 1 saturated heterocycles. The van der Waals surface area contributed by atoms with Gasteiger partial charge in [0.25, 0.3) is 0 Å². The van der Waals surface area contributed by atoms with Crippen LogP contribution in [-0.4, -0.2) is 41.1 Å². The first-order valence-electron chi connectivity index (χ1n) is 12.5. The number of nitrogens with one attached hydrogen (secondary N) is 2. The van der Waals surface area contributed by atoms with Crippen LogP contribution in [-0.2, 0) is 0 Å². The van der Waals surface area contributed by atoms with Crippen LogP contribution in [0.2, 0.25) is 0 Å². The highest BCUT2D eigenvalue weighted by Gasteiger charge is 2.14. The zero-order valence-corrected chi connectivity index (χ0v) is 20.8. The van der Waals surface area contributed by atoms with E-state index in [-0.39, 0.29) is 0 Å². The number of ether oxygens (including phenoxy) is 1. The predicted octanol–water partition coefficient (Wildman–Crippen LogP) is 6.44. The predicted molar refractivity (Wildman–Crippen MR) is 147 cm³/mol.